The molecule has 8 nitrogen and oxygen atoms in total. The highest BCUT2D eigenvalue weighted by Gasteiger charge is 2.07. The summed E-state index contributed by atoms with van der Waals surface area (Å²) in [6, 6.07) is 20.5. The van der Waals surface area contributed by atoms with Gasteiger partial charge >= 0.3 is 6.03 Å². The number of hydrogen-bond acceptors (Lipinski definition) is 5. The highest BCUT2D eigenvalue weighted by atomic mass is 16.5. The Morgan fingerprint density at radius 1 is 1.00 bits per heavy atom. The van der Waals surface area contributed by atoms with Gasteiger partial charge in [0.1, 0.15) is 23.8 Å². The first-order chi connectivity index (χ1) is 15.1. The van der Waals surface area contributed by atoms with Crippen molar-refractivity contribution in [3.63, 3.8) is 0 Å². The molecule has 0 saturated heterocycles. The van der Waals surface area contributed by atoms with Crippen molar-refractivity contribution in [2.45, 2.75) is 6.61 Å². The second-order valence-electron chi connectivity index (χ2n) is 6.61. The number of anilines is 2. The van der Waals surface area contributed by atoms with Crippen molar-refractivity contribution >= 4 is 23.1 Å². The minimum atomic E-state index is -0.390. The molecule has 0 fully saturated rings. The number of para-hydroxylation sites is 2. The number of aromatic nitrogens is 2. The number of ether oxygens (including phenoxy) is 2. The fourth-order valence-electron chi connectivity index (χ4n) is 3.00. The van der Waals surface area contributed by atoms with E-state index in [4.69, 9.17) is 9.47 Å². The van der Waals surface area contributed by atoms with Gasteiger partial charge in [-0.3, -0.25) is 9.20 Å². The largest absolute Gasteiger partial charge is 0.495 e. The maximum absolute atomic E-state index is 12.2. The van der Waals surface area contributed by atoms with Gasteiger partial charge in [-0.2, -0.15) is 0 Å². The quantitative estimate of drug-likeness (QED) is 0.497. The first kappa shape index (κ1) is 20.0. The Bertz CT molecular complexity index is 1270. The summed E-state index contributed by atoms with van der Waals surface area (Å²) >= 11 is 0. The van der Waals surface area contributed by atoms with Crippen LogP contribution in [0.4, 0.5) is 16.2 Å². The van der Waals surface area contributed by atoms with Gasteiger partial charge in [0.15, 0.2) is 0 Å². The first-order valence-electron chi connectivity index (χ1n) is 9.53. The van der Waals surface area contributed by atoms with Gasteiger partial charge in [-0.15, -0.1) is 0 Å². The molecule has 8 heteroatoms. The number of nitrogens with one attached hydrogen (secondary N) is 2. The maximum atomic E-state index is 12.2. The molecule has 2 N–H and O–H groups in total. The number of rotatable bonds is 6. The van der Waals surface area contributed by atoms with Crippen LogP contribution in [-0.4, -0.2) is 22.5 Å². The molecule has 31 heavy (non-hydrogen) atoms. The zero-order valence-electron chi connectivity index (χ0n) is 16.7. The summed E-state index contributed by atoms with van der Waals surface area (Å²) in [7, 11) is 1.54. The van der Waals surface area contributed by atoms with E-state index in [2.05, 4.69) is 15.6 Å². The highest BCUT2D eigenvalue weighted by Crippen LogP contribution is 2.23. The van der Waals surface area contributed by atoms with Crippen molar-refractivity contribution in [2.75, 3.05) is 17.7 Å². The van der Waals surface area contributed by atoms with Gasteiger partial charge in [0.25, 0.3) is 5.56 Å². The maximum Gasteiger partial charge on any atom is 0.323 e. The highest BCUT2D eigenvalue weighted by molar-refractivity contribution is 6.00. The topological polar surface area (TPSA) is 94.0 Å². The van der Waals surface area contributed by atoms with Gasteiger partial charge in [-0.05, 0) is 48.5 Å². The Labute approximate surface area is 178 Å². The average molecular weight is 416 g/mol. The van der Waals surface area contributed by atoms with Crippen LogP contribution in [-0.2, 0) is 6.61 Å². The average Bonchev–Trinajstić information content (AvgIpc) is 2.79. The van der Waals surface area contributed by atoms with Crippen LogP contribution >= 0.6 is 0 Å². The number of methoxy groups -OCH3 is 1. The number of pyridine rings is 1. The number of nitrogens with zero attached hydrogens (tertiary/aromatic N) is 2. The van der Waals surface area contributed by atoms with Crippen LogP contribution < -0.4 is 25.7 Å². The third-order valence-corrected chi connectivity index (χ3v) is 4.48. The molecule has 2 heterocycles. The van der Waals surface area contributed by atoms with E-state index in [1.54, 1.807) is 61.8 Å². The zero-order chi connectivity index (χ0) is 21.6. The summed E-state index contributed by atoms with van der Waals surface area (Å²) in [6.45, 7) is 0.154. The van der Waals surface area contributed by atoms with E-state index in [0.29, 0.717) is 34.2 Å². The van der Waals surface area contributed by atoms with Crippen LogP contribution in [0.5, 0.6) is 11.5 Å². The number of carbonyl (C=O) groups excluding carboxylic acids is 1. The summed E-state index contributed by atoms with van der Waals surface area (Å²) in [5.41, 5.74) is 2.11. The second-order valence-corrected chi connectivity index (χ2v) is 6.61. The van der Waals surface area contributed by atoms with Crippen LogP contribution in [0.3, 0.4) is 0 Å². The number of fused-ring (bicyclic) bond motifs is 1. The molecule has 0 atom stereocenters. The monoisotopic (exact) mass is 416 g/mol. The molecule has 156 valence electrons. The Balaban J connectivity index is 1.36. The Morgan fingerprint density at radius 2 is 1.77 bits per heavy atom. The summed E-state index contributed by atoms with van der Waals surface area (Å²) in [5, 5.41) is 5.50. The van der Waals surface area contributed by atoms with Crippen molar-refractivity contribution in [3.8, 4) is 11.5 Å². The van der Waals surface area contributed by atoms with Crippen LogP contribution in [0.1, 0.15) is 5.69 Å². The Morgan fingerprint density at radius 3 is 2.58 bits per heavy atom. The molecule has 0 aliphatic carbocycles. The van der Waals surface area contributed by atoms with Crippen LogP contribution in [0.15, 0.2) is 83.8 Å². The summed E-state index contributed by atoms with van der Waals surface area (Å²) in [4.78, 5) is 28.8. The summed E-state index contributed by atoms with van der Waals surface area (Å²) in [5.74, 6) is 1.16. The SMILES string of the molecule is COc1ccccc1NC(=O)Nc1ccc(OCc2cc(=O)n3ccccc3n2)cc1. The molecular formula is C23H20N4O4. The van der Waals surface area contributed by atoms with E-state index in [-0.39, 0.29) is 18.2 Å². The van der Waals surface area contributed by atoms with Gasteiger partial charge < -0.3 is 20.1 Å². The Kier molecular flexibility index (Phi) is 5.79. The van der Waals surface area contributed by atoms with Gasteiger partial charge in [-0.25, -0.2) is 9.78 Å². The molecule has 0 spiro atoms. The van der Waals surface area contributed by atoms with Crippen molar-refractivity contribution in [1.29, 1.82) is 0 Å². The molecule has 0 saturated carbocycles. The van der Waals surface area contributed by atoms with Crippen molar-refractivity contribution in [3.05, 3.63) is 95.0 Å². The van der Waals surface area contributed by atoms with Crippen molar-refractivity contribution in [1.82, 2.24) is 9.38 Å². The van der Waals surface area contributed by atoms with Crippen LogP contribution in [0.2, 0.25) is 0 Å². The molecule has 0 aliphatic rings. The van der Waals surface area contributed by atoms with E-state index in [9.17, 15) is 9.59 Å². The van der Waals surface area contributed by atoms with Crippen molar-refractivity contribution < 1.29 is 14.3 Å². The second kappa shape index (κ2) is 9.00. The molecule has 2 amide bonds. The molecule has 0 bridgehead atoms. The molecule has 0 aliphatic heterocycles. The number of hydrogen-bond donors (Lipinski definition) is 2. The van der Waals surface area contributed by atoms with E-state index in [1.807, 2.05) is 18.2 Å². The smallest absolute Gasteiger partial charge is 0.323 e. The summed E-state index contributed by atoms with van der Waals surface area (Å²) in [6.07, 6.45) is 1.67. The molecule has 0 radical (unpaired) electrons. The molecular weight excluding hydrogens is 396 g/mol. The van der Waals surface area contributed by atoms with Crippen LogP contribution in [0.25, 0.3) is 5.65 Å². The molecule has 4 aromatic rings. The number of urea groups is 1. The third-order valence-electron chi connectivity index (χ3n) is 4.48. The van der Waals surface area contributed by atoms with Gasteiger partial charge in [-0.1, -0.05) is 18.2 Å². The fourth-order valence-corrected chi connectivity index (χ4v) is 3.00. The van der Waals surface area contributed by atoms with Crippen molar-refractivity contribution in [2.24, 2.45) is 0 Å². The zero-order valence-corrected chi connectivity index (χ0v) is 16.7. The number of amides is 2. The lowest BCUT2D eigenvalue weighted by Crippen LogP contribution is -2.19. The van der Waals surface area contributed by atoms with E-state index in [1.165, 1.54) is 10.5 Å². The molecule has 2 aromatic heterocycles. The predicted molar refractivity (Wildman–Crippen MR) is 118 cm³/mol. The lowest BCUT2D eigenvalue weighted by Gasteiger charge is -2.11. The summed E-state index contributed by atoms with van der Waals surface area (Å²) < 4.78 is 12.4. The molecule has 0 unspecified atom stereocenters. The van der Waals surface area contributed by atoms with Gasteiger partial charge in [0.2, 0.25) is 0 Å². The lowest BCUT2D eigenvalue weighted by atomic mass is 10.3. The lowest BCUT2D eigenvalue weighted by molar-refractivity contribution is 0.262. The minimum Gasteiger partial charge on any atom is -0.495 e. The Hall–Kier alpha value is -4.33. The number of carbonyl (C=O) groups is 1. The van der Waals surface area contributed by atoms with E-state index in [0.717, 1.165) is 0 Å². The van der Waals surface area contributed by atoms with E-state index >= 15 is 0 Å². The third kappa shape index (κ3) is 4.81. The minimum absolute atomic E-state index is 0.154. The molecule has 2 aromatic carbocycles. The fraction of sp³-hybridized carbons (Fsp3) is 0.0870. The molecule has 4 rings (SSSR count). The first-order valence-corrected chi connectivity index (χ1v) is 9.53. The van der Waals surface area contributed by atoms with Gasteiger partial charge in [0, 0.05) is 18.0 Å². The predicted octanol–water partition coefficient (Wildman–Crippen LogP) is 3.93. The number of benzene rings is 2. The van der Waals surface area contributed by atoms with Gasteiger partial charge in [0.05, 0.1) is 18.5 Å². The normalized spacial score (nSPS) is 10.5. The standard InChI is InChI=1S/C23H20N4O4/c1-30-20-7-3-2-6-19(20)26-23(29)25-16-9-11-18(12-10-16)31-15-17-14-22(28)27-13-5-4-8-21(27)24-17/h2-14H,15H2,1H3,(H2,25,26,29). The van der Waals surface area contributed by atoms with E-state index < -0.39 is 0 Å². The van der Waals surface area contributed by atoms with Crippen LogP contribution in [0, 0.1) is 0 Å².